The first-order valence-corrected chi connectivity index (χ1v) is 7.93. The Kier molecular flexibility index (Phi) is 4.88. The van der Waals surface area contributed by atoms with Gasteiger partial charge in [0.2, 0.25) is 5.91 Å². The van der Waals surface area contributed by atoms with Gasteiger partial charge >= 0.3 is 0 Å². The van der Waals surface area contributed by atoms with Gasteiger partial charge in [0, 0.05) is 19.1 Å². The van der Waals surface area contributed by atoms with Gasteiger partial charge in [0.25, 0.3) is 0 Å². The molecule has 2 saturated carbocycles. The molecule has 2 aliphatic rings. The summed E-state index contributed by atoms with van der Waals surface area (Å²) in [6, 6.07) is 0. The quantitative estimate of drug-likeness (QED) is 0.823. The van der Waals surface area contributed by atoms with Crippen molar-refractivity contribution in [3.05, 3.63) is 0 Å². The molecule has 110 valence electrons. The maximum atomic E-state index is 12.4. The molecule has 3 unspecified atom stereocenters. The average Bonchev–Trinajstić information content (AvgIpc) is 2.82. The summed E-state index contributed by atoms with van der Waals surface area (Å²) in [5.41, 5.74) is 0.147. The first-order valence-electron chi connectivity index (χ1n) is 7.93. The van der Waals surface area contributed by atoms with Gasteiger partial charge in [-0.25, -0.2) is 0 Å². The third kappa shape index (κ3) is 3.50. The van der Waals surface area contributed by atoms with Gasteiger partial charge in [-0.15, -0.1) is 0 Å². The number of hydrogen-bond donors (Lipinski definition) is 2. The van der Waals surface area contributed by atoms with E-state index in [1.807, 2.05) is 0 Å². The van der Waals surface area contributed by atoms with Crippen molar-refractivity contribution in [2.45, 2.75) is 58.8 Å². The maximum absolute atomic E-state index is 12.4. The molecule has 1 amide bonds. The van der Waals surface area contributed by atoms with E-state index < -0.39 is 0 Å². The lowest BCUT2D eigenvalue weighted by molar-refractivity contribution is -0.130. The van der Waals surface area contributed by atoms with Crippen molar-refractivity contribution in [3.8, 4) is 0 Å². The van der Waals surface area contributed by atoms with Crippen LogP contribution in [0.25, 0.3) is 0 Å². The molecule has 3 nitrogen and oxygen atoms in total. The molecule has 0 aliphatic heterocycles. The molecule has 3 heteroatoms. The van der Waals surface area contributed by atoms with Crippen LogP contribution in [0.5, 0.6) is 0 Å². The molecule has 0 aromatic heterocycles. The maximum Gasteiger partial charge on any atom is 0.223 e. The predicted molar refractivity (Wildman–Crippen MR) is 76.7 cm³/mol. The SMILES string of the molecule is CC1(C)CCCCC1C(=O)NCC1CCCC1CO. The minimum absolute atomic E-state index is 0.147. The molecule has 3 atom stereocenters. The Bertz CT molecular complexity index is 314. The smallest absolute Gasteiger partial charge is 0.223 e. The summed E-state index contributed by atoms with van der Waals surface area (Å²) in [5.74, 6) is 1.31. The van der Waals surface area contributed by atoms with Gasteiger partial charge in [0.1, 0.15) is 0 Å². The average molecular weight is 267 g/mol. The van der Waals surface area contributed by atoms with Gasteiger partial charge in [0.05, 0.1) is 0 Å². The van der Waals surface area contributed by atoms with E-state index >= 15 is 0 Å². The molecule has 2 fully saturated rings. The molecule has 2 aliphatic carbocycles. The molecular formula is C16H29NO2. The Balaban J connectivity index is 1.83. The zero-order chi connectivity index (χ0) is 13.9. The van der Waals surface area contributed by atoms with E-state index in [1.54, 1.807) is 0 Å². The number of rotatable bonds is 4. The van der Waals surface area contributed by atoms with Crippen LogP contribution >= 0.6 is 0 Å². The fraction of sp³-hybridized carbons (Fsp3) is 0.938. The minimum atomic E-state index is 0.147. The molecule has 0 aromatic carbocycles. The van der Waals surface area contributed by atoms with Gasteiger partial charge in [-0.05, 0) is 42.9 Å². The highest BCUT2D eigenvalue weighted by Crippen LogP contribution is 2.40. The molecular weight excluding hydrogens is 238 g/mol. The van der Waals surface area contributed by atoms with Crippen LogP contribution in [0.3, 0.4) is 0 Å². The van der Waals surface area contributed by atoms with Gasteiger partial charge < -0.3 is 10.4 Å². The van der Waals surface area contributed by atoms with E-state index in [0.29, 0.717) is 11.8 Å². The Morgan fingerprint density at radius 1 is 1.16 bits per heavy atom. The van der Waals surface area contributed by atoms with Crippen molar-refractivity contribution in [3.63, 3.8) is 0 Å². The second-order valence-electron chi connectivity index (χ2n) is 7.17. The molecule has 0 aromatic rings. The Hall–Kier alpha value is -0.570. The summed E-state index contributed by atoms with van der Waals surface area (Å²) < 4.78 is 0. The summed E-state index contributed by atoms with van der Waals surface area (Å²) in [6.45, 7) is 5.48. The highest BCUT2D eigenvalue weighted by molar-refractivity contribution is 5.79. The molecule has 0 bridgehead atoms. The lowest BCUT2D eigenvalue weighted by Crippen LogP contribution is -2.43. The standard InChI is InChI=1S/C16H29NO2/c1-16(2)9-4-3-8-14(16)15(19)17-10-12-6-5-7-13(12)11-18/h12-14,18H,3-11H2,1-2H3,(H,17,19). The van der Waals surface area contributed by atoms with Crippen molar-refractivity contribution >= 4 is 5.91 Å². The normalized spacial score (nSPS) is 34.2. The van der Waals surface area contributed by atoms with Crippen LogP contribution in [0, 0.1) is 23.2 Å². The number of aliphatic hydroxyl groups is 1. The molecule has 2 rings (SSSR count). The fourth-order valence-corrected chi connectivity index (χ4v) is 3.96. The van der Waals surface area contributed by atoms with Crippen molar-refractivity contribution in [1.82, 2.24) is 5.32 Å². The van der Waals surface area contributed by atoms with Crippen LogP contribution in [-0.4, -0.2) is 24.2 Å². The zero-order valence-electron chi connectivity index (χ0n) is 12.5. The number of carbonyl (C=O) groups excluding carboxylic acids is 1. The molecule has 0 radical (unpaired) electrons. The second kappa shape index (κ2) is 6.25. The molecule has 0 saturated heterocycles. The van der Waals surface area contributed by atoms with E-state index in [1.165, 1.54) is 19.3 Å². The van der Waals surface area contributed by atoms with Crippen molar-refractivity contribution in [2.24, 2.45) is 23.2 Å². The van der Waals surface area contributed by atoms with Crippen LogP contribution in [0.15, 0.2) is 0 Å². The van der Waals surface area contributed by atoms with E-state index in [4.69, 9.17) is 0 Å². The highest BCUT2D eigenvalue weighted by Gasteiger charge is 2.37. The Morgan fingerprint density at radius 2 is 1.89 bits per heavy atom. The second-order valence-corrected chi connectivity index (χ2v) is 7.17. The summed E-state index contributed by atoms with van der Waals surface area (Å²) >= 11 is 0. The van der Waals surface area contributed by atoms with Crippen LogP contribution in [0.4, 0.5) is 0 Å². The van der Waals surface area contributed by atoms with E-state index in [-0.39, 0.29) is 23.8 Å². The van der Waals surface area contributed by atoms with Gasteiger partial charge in [-0.3, -0.25) is 4.79 Å². The molecule has 2 N–H and O–H groups in total. The number of aliphatic hydroxyl groups excluding tert-OH is 1. The molecule has 0 spiro atoms. The molecule has 0 heterocycles. The van der Waals surface area contributed by atoms with Gasteiger partial charge in [-0.1, -0.05) is 33.1 Å². The largest absolute Gasteiger partial charge is 0.396 e. The third-order valence-electron chi connectivity index (χ3n) is 5.41. The fourth-order valence-electron chi connectivity index (χ4n) is 3.96. The van der Waals surface area contributed by atoms with E-state index in [9.17, 15) is 9.90 Å². The topological polar surface area (TPSA) is 49.3 Å². The monoisotopic (exact) mass is 267 g/mol. The first kappa shape index (κ1) is 14.8. The summed E-state index contributed by atoms with van der Waals surface area (Å²) in [5, 5.41) is 12.5. The van der Waals surface area contributed by atoms with Crippen LogP contribution in [0.1, 0.15) is 58.8 Å². The van der Waals surface area contributed by atoms with Crippen molar-refractivity contribution in [2.75, 3.05) is 13.2 Å². The van der Waals surface area contributed by atoms with Crippen LogP contribution in [-0.2, 0) is 4.79 Å². The Morgan fingerprint density at radius 3 is 2.58 bits per heavy atom. The lowest BCUT2D eigenvalue weighted by Gasteiger charge is -2.37. The van der Waals surface area contributed by atoms with E-state index in [2.05, 4.69) is 19.2 Å². The van der Waals surface area contributed by atoms with Crippen LogP contribution in [0.2, 0.25) is 0 Å². The van der Waals surface area contributed by atoms with Crippen molar-refractivity contribution < 1.29 is 9.90 Å². The van der Waals surface area contributed by atoms with Gasteiger partial charge in [0.15, 0.2) is 0 Å². The lowest BCUT2D eigenvalue weighted by atomic mass is 9.68. The number of hydrogen-bond acceptors (Lipinski definition) is 2. The highest BCUT2D eigenvalue weighted by atomic mass is 16.3. The zero-order valence-corrected chi connectivity index (χ0v) is 12.5. The minimum Gasteiger partial charge on any atom is -0.396 e. The predicted octanol–water partition coefficient (Wildman–Crippen LogP) is 2.73. The van der Waals surface area contributed by atoms with Crippen molar-refractivity contribution in [1.29, 1.82) is 0 Å². The summed E-state index contributed by atoms with van der Waals surface area (Å²) in [6.07, 6.45) is 8.10. The number of nitrogens with one attached hydrogen (secondary N) is 1. The number of carbonyl (C=O) groups is 1. The summed E-state index contributed by atoms with van der Waals surface area (Å²) in [7, 11) is 0. The van der Waals surface area contributed by atoms with E-state index in [0.717, 1.165) is 32.2 Å². The summed E-state index contributed by atoms with van der Waals surface area (Å²) in [4.78, 5) is 12.4. The van der Waals surface area contributed by atoms with Gasteiger partial charge in [-0.2, -0.15) is 0 Å². The third-order valence-corrected chi connectivity index (χ3v) is 5.41. The number of amides is 1. The molecule has 19 heavy (non-hydrogen) atoms. The Labute approximate surface area is 117 Å². The first-order chi connectivity index (χ1) is 9.04. The van der Waals surface area contributed by atoms with Crippen LogP contribution < -0.4 is 5.32 Å².